The molecule has 2 aliphatic rings. The third-order valence-electron chi connectivity index (χ3n) is 5.04. The summed E-state index contributed by atoms with van der Waals surface area (Å²) < 4.78 is 0. The van der Waals surface area contributed by atoms with Crippen molar-refractivity contribution in [1.82, 2.24) is 5.01 Å². The molecule has 0 N–H and O–H groups in total. The van der Waals surface area contributed by atoms with E-state index in [0.717, 1.165) is 19.4 Å². The van der Waals surface area contributed by atoms with Crippen molar-refractivity contribution < 1.29 is 4.79 Å². The first-order chi connectivity index (χ1) is 11.1. The Hall–Kier alpha value is -2.29. The van der Waals surface area contributed by atoms with Gasteiger partial charge in [-0.05, 0) is 30.0 Å². The lowest BCUT2D eigenvalue weighted by Gasteiger charge is -2.43. The number of fused-ring (bicyclic) bond motifs is 2. The summed E-state index contributed by atoms with van der Waals surface area (Å²) in [6.45, 7) is 4.87. The fourth-order valence-corrected chi connectivity index (χ4v) is 3.93. The van der Waals surface area contributed by atoms with Crippen LogP contribution in [0.4, 0.5) is 5.69 Å². The molecule has 0 aliphatic carbocycles. The molecule has 1 unspecified atom stereocenters. The van der Waals surface area contributed by atoms with Gasteiger partial charge in [-0.1, -0.05) is 62.4 Å². The molecular formula is C20H22N2O. The molecule has 2 aromatic carbocycles. The summed E-state index contributed by atoms with van der Waals surface area (Å²) in [6.07, 6.45) is 1.88. The zero-order valence-electron chi connectivity index (χ0n) is 13.7. The number of carbonyl (C=O) groups excluding carboxylic acids is 1. The molecule has 3 nitrogen and oxygen atoms in total. The maximum Gasteiger partial charge on any atom is 0.247 e. The molecule has 0 aromatic heterocycles. The molecule has 3 heteroatoms. The highest BCUT2D eigenvalue weighted by molar-refractivity contribution is 5.87. The zero-order chi connectivity index (χ0) is 16.0. The van der Waals surface area contributed by atoms with Crippen molar-refractivity contribution in [2.24, 2.45) is 5.41 Å². The zero-order valence-corrected chi connectivity index (χ0v) is 13.7. The first-order valence-corrected chi connectivity index (χ1v) is 8.29. The van der Waals surface area contributed by atoms with Gasteiger partial charge in [-0.25, -0.2) is 5.01 Å². The predicted octanol–water partition coefficient (Wildman–Crippen LogP) is 3.79. The van der Waals surface area contributed by atoms with E-state index in [4.69, 9.17) is 0 Å². The first-order valence-electron chi connectivity index (χ1n) is 8.29. The summed E-state index contributed by atoms with van der Waals surface area (Å²) in [5.41, 5.74) is 3.45. The van der Waals surface area contributed by atoms with Crippen LogP contribution in [0.5, 0.6) is 0 Å². The molecule has 0 bridgehead atoms. The Kier molecular flexibility index (Phi) is 3.19. The van der Waals surface area contributed by atoms with Crippen LogP contribution < -0.4 is 5.01 Å². The van der Waals surface area contributed by atoms with Gasteiger partial charge in [0, 0.05) is 5.41 Å². The van der Waals surface area contributed by atoms with Crippen LogP contribution in [0.1, 0.15) is 31.4 Å². The molecule has 0 spiro atoms. The van der Waals surface area contributed by atoms with Crippen molar-refractivity contribution in [2.45, 2.75) is 39.3 Å². The quantitative estimate of drug-likeness (QED) is 0.843. The number of nitrogens with zero attached hydrogens (tertiary/aromatic N) is 2. The summed E-state index contributed by atoms with van der Waals surface area (Å²) in [5, 5.41) is 4.21. The average Bonchev–Trinajstić information content (AvgIpc) is 2.77. The average molecular weight is 306 g/mol. The monoisotopic (exact) mass is 306 g/mol. The minimum atomic E-state index is -0.276. The van der Waals surface area contributed by atoms with E-state index in [9.17, 15) is 4.79 Å². The van der Waals surface area contributed by atoms with Gasteiger partial charge in [0.1, 0.15) is 0 Å². The van der Waals surface area contributed by atoms with Crippen LogP contribution in [0.3, 0.4) is 0 Å². The second-order valence-corrected chi connectivity index (χ2v) is 7.27. The summed E-state index contributed by atoms with van der Waals surface area (Å²) in [6, 6.07) is 19.1. The second kappa shape index (κ2) is 5.12. The van der Waals surface area contributed by atoms with Gasteiger partial charge < -0.3 is 0 Å². The highest BCUT2D eigenvalue weighted by Crippen LogP contribution is 2.43. The SMILES string of the molecule is CC1(C)CC2Cc3ccccc3N(Cc3ccccc3)N2C1=O. The molecule has 2 heterocycles. The minimum absolute atomic E-state index is 0.243. The highest BCUT2D eigenvalue weighted by atomic mass is 16.2. The number of benzene rings is 2. The number of carbonyl (C=O) groups is 1. The van der Waals surface area contributed by atoms with Gasteiger partial charge in [-0.3, -0.25) is 9.80 Å². The van der Waals surface area contributed by atoms with Crippen molar-refractivity contribution in [3.8, 4) is 0 Å². The number of anilines is 1. The number of hydrazine groups is 1. The number of hydrogen-bond acceptors (Lipinski definition) is 2. The molecule has 23 heavy (non-hydrogen) atoms. The van der Waals surface area contributed by atoms with Crippen molar-refractivity contribution in [3.63, 3.8) is 0 Å². The summed E-state index contributed by atoms with van der Waals surface area (Å²) in [7, 11) is 0. The van der Waals surface area contributed by atoms with E-state index < -0.39 is 0 Å². The molecule has 1 amide bonds. The Morgan fingerprint density at radius 1 is 1.04 bits per heavy atom. The molecular weight excluding hydrogens is 284 g/mol. The van der Waals surface area contributed by atoms with Gasteiger partial charge in [0.05, 0.1) is 18.3 Å². The van der Waals surface area contributed by atoms with Gasteiger partial charge in [0.25, 0.3) is 0 Å². The largest absolute Gasteiger partial charge is 0.278 e. The Balaban J connectivity index is 1.77. The lowest BCUT2D eigenvalue weighted by atomic mass is 9.88. The van der Waals surface area contributed by atoms with E-state index >= 15 is 0 Å². The van der Waals surface area contributed by atoms with E-state index in [2.05, 4.69) is 67.4 Å². The molecule has 1 fully saturated rings. The number of para-hydroxylation sites is 1. The van der Waals surface area contributed by atoms with Crippen LogP contribution >= 0.6 is 0 Å². The highest BCUT2D eigenvalue weighted by Gasteiger charge is 2.49. The Morgan fingerprint density at radius 3 is 2.52 bits per heavy atom. The van der Waals surface area contributed by atoms with Crippen LogP contribution in [0.2, 0.25) is 0 Å². The maximum absolute atomic E-state index is 13.0. The smallest absolute Gasteiger partial charge is 0.247 e. The lowest BCUT2D eigenvalue weighted by Crippen LogP contribution is -2.52. The third kappa shape index (κ3) is 2.31. The topological polar surface area (TPSA) is 23.6 Å². The van der Waals surface area contributed by atoms with E-state index in [1.165, 1.54) is 16.8 Å². The van der Waals surface area contributed by atoms with Gasteiger partial charge in [-0.2, -0.15) is 0 Å². The molecule has 0 saturated carbocycles. The first kappa shape index (κ1) is 14.3. The van der Waals surface area contributed by atoms with Gasteiger partial charge in [-0.15, -0.1) is 0 Å². The molecule has 1 atom stereocenters. The van der Waals surface area contributed by atoms with Gasteiger partial charge in [0.2, 0.25) is 5.91 Å². The summed E-state index contributed by atoms with van der Waals surface area (Å²) in [4.78, 5) is 13.0. The molecule has 0 radical (unpaired) electrons. The van der Waals surface area contributed by atoms with Gasteiger partial charge >= 0.3 is 0 Å². The van der Waals surface area contributed by atoms with Crippen LogP contribution in [-0.2, 0) is 17.8 Å². The molecule has 1 saturated heterocycles. The summed E-state index contributed by atoms with van der Waals surface area (Å²) in [5.74, 6) is 0.243. The van der Waals surface area contributed by atoms with Crippen molar-refractivity contribution in [1.29, 1.82) is 0 Å². The third-order valence-corrected chi connectivity index (χ3v) is 5.04. The second-order valence-electron chi connectivity index (χ2n) is 7.27. The van der Waals surface area contributed by atoms with Crippen LogP contribution in [0, 0.1) is 5.41 Å². The van der Waals surface area contributed by atoms with E-state index in [1.54, 1.807) is 0 Å². The molecule has 2 aromatic rings. The summed E-state index contributed by atoms with van der Waals surface area (Å²) >= 11 is 0. The Bertz CT molecular complexity index is 738. The van der Waals surface area contributed by atoms with E-state index in [1.807, 2.05) is 11.1 Å². The molecule has 118 valence electrons. The standard InChI is InChI=1S/C20H22N2O/c1-20(2)13-17-12-16-10-6-7-11-18(16)21(22(17)19(20)23)14-15-8-4-3-5-9-15/h3-11,17H,12-14H2,1-2H3. The van der Waals surface area contributed by atoms with Crippen LogP contribution in [0.25, 0.3) is 0 Å². The van der Waals surface area contributed by atoms with Crippen LogP contribution in [0.15, 0.2) is 54.6 Å². The van der Waals surface area contributed by atoms with Crippen molar-refractivity contribution in [2.75, 3.05) is 5.01 Å². The van der Waals surface area contributed by atoms with Gasteiger partial charge in [0.15, 0.2) is 0 Å². The number of rotatable bonds is 2. The van der Waals surface area contributed by atoms with E-state index in [-0.39, 0.29) is 17.4 Å². The molecule has 2 aliphatic heterocycles. The van der Waals surface area contributed by atoms with E-state index in [0.29, 0.717) is 0 Å². The molecule has 4 rings (SSSR count). The fourth-order valence-electron chi connectivity index (χ4n) is 3.93. The lowest BCUT2D eigenvalue weighted by molar-refractivity contribution is -0.136. The Labute approximate surface area is 137 Å². The maximum atomic E-state index is 13.0. The number of amides is 1. The fraction of sp³-hybridized carbons (Fsp3) is 0.350. The predicted molar refractivity (Wildman–Crippen MR) is 91.8 cm³/mol. The van der Waals surface area contributed by atoms with Crippen LogP contribution in [-0.4, -0.2) is 17.0 Å². The number of hydrogen-bond donors (Lipinski definition) is 0. The normalized spacial score (nSPS) is 22.0. The minimum Gasteiger partial charge on any atom is -0.278 e. The van der Waals surface area contributed by atoms with Crippen molar-refractivity contribution in [3.05, 3.63) is 65.7 Å². The van der Waals surface area contributed by atoms with Crippen molar-refractivity contribution >= 4 is 11.6 Å². The Morgan fingerprint density at radius 2 is 1.74 bits per heavy atom.